The summed E-state index contributed by atoms with van der Waals surface area (Å²) in [6.07, 6.45) is 3.06. The fraction of sp³-hybridized carbons (Fsp3) is 0.615. The maximum atomic E-state index is 5.38. The molecule has 0 radical (unpaired) electrons. The number of hydrogen-bond donors (Lipinski definition) is 2. The van der Waals surface area contributed by atoms with Gasteiger partial charge in [0.25, 0.3) is 0 Å². The van der Waals surface area contributed by atoms with Gasteiger partial charge < -0.3 is 10.3 Å². The topological polar surface area (TPSA) is 54.2 Å². The van der Waals surface area contributed by atoms with E-state index in [2.05, 4.69) is 36.1 Å². The summed E-state index contributed by atoms with van der Waals surface area (Å²) < 4.78 is 0. The Labute approximate surface area is 103 Å². The molecule has 1 fully saturated rings. The number of hydrazine groups is 1. The van der Waals surface area contributed by atoms with Crippen molar-refractivity contribution in [2.75, 3.05) is 23.4 Å². The van der Waals surface area contributed by atoms with E-state index in [4.69, 9.17) is 5.84 Å². The van der Waals surface area contributed by atoms with Gasteiger partial charge in [0, 0.05) is 31.0 Å². The number of nitrogens with two attached hydrogens (primary N) is 1. The Bertz CT molecular complexity index is 383. The van der Waals surface area contributed by atoms with Crippen LogP contribution in [0.4, 0.5) is 11.5 Å². The second kappa shape index (κ2) is 4.53. The van der Waals surface area contributed by atoms with Gasteiger partial charge in [-0.05, 0) is 23.8 Å². The minimum Gasteiger partial charge on any atom is -0.371 e. The Morgan fingerprint density at radius 3 is 2.82 bits per heavy atom. The van der Waals surface area contributed by atoms with Crippen LogP contribution in [0.1, 0.15) is 27.2 Å². The molecule has 94 valence electrons. The lowest BCUT2D eigenvalue weighted by Gasteiger charge is -2.27. The van der Waals surface area contributed by atoms with E-state index >= 15 is 0 Å². The zero-order chi connectivity index (χ0) is 12.5. The first-order valence-corrected chi connectivity index (χ1v) is 6.18. The summed E-state index contributed by atoms with van der Waals surface area (Å²) in [4.78, 5) is 6.55. The molecule has 2 rings (SSSR count). The van der Waals surface area contributed by atoms with Gasteiger partial charge in [0.15, 0.2) is 0 Å². The number of rotatable bonds is 2. The number of pyridine rings is 1. The zero-order valence-corrected chi connectivity index (χ0v) is 10.9. The second-order valence-electron chi connectivity index (χ2n) is 5.84. The van der Waals surface area contributed by atoms with Gasteiger partial charge in [0.2, 0.25) is 0 Å². The van der Waals surface area contributed by atoms with E-state index in [0.29, 0.717) is 5.41 Å². The molecule has 0 spiro atoms. The van der Waals surface area contributed by atoms with E-state index in [0.717, 1.165) is 24.8 Å². The van der Waals surface area contributed by atoms with Crippen molar-refractivity contribution < 1.29 is 0 Å². The molecule has 1 aliphatic heterocycles. The van der Waals surface area contributed by atoms with Crippen molar-refractivity contribution in [2.24, 2.45) is 17.2 Å². The number of nitrogens with zero attached hydrogens (tertiary/aromatic N) is 2. The molecule has 1 aliphatic rings. The normalized spacial score (nSPS) is 20.7. The molecule has 4 nitrogen and oxygen atoms in total. The number of nitrogens with one attached hydrogen (secondary N) is 1. The maximum Gasteiger partial charge on any atom is 0.141 e. The number of anilines is 2. The summed E-state index contributed by atoms with van der Waals surface area (Å²) in [5, 5.41) is 0. The number of nitrogen functional groups attached to an aromatic ring is 1. The average Bonchev–Trinajstić information content (AvgIpc) is 2.78. The predicted octanol–water partition coefficient (Wildman–Crippen LogP) is 2.24. The molecule has 0 bridgehead atoms. The van der Waals surface area contributed by atoms with Crippen LogP contribution < -0.4 is 16.2 Å². The molecule has 1 aromatic rings. The average molecular weight is 234 g/mol. The van der Waals surface area contributed by atoms with Crippen molar-refractivity contribution in [3.8, 4) is 0 Å². The van der Waals surface area contributed by atoms with Crippen molar-refractivity contribution in [3.05, 3.63) is 18.3 Å². The molecule has 2 heterocycles. The van der Waals surface area contributed by atoms with Crippen LogP contribution in [0.2, 0.25) is 0 Å². The maximum absolute atomic E-state index is 5.38. The Morgan fingerprint density at radius 1 is 1.47 bits per heavy atom. The molecule has 3 N–H and O–H groups in total. The van der Waals surface area contributed by atoms with Gasteiger partial charge in [-0.1, -0.05) is 20.8 Å². The Morgan fingerprint density at radius 2 is 2.24 bits per heavy atom. The van der Waals surface area contributed by atoms with Crippen LogP contribution in [-0.2, 0) is 0 Å². The van der Waals surface area contributed by atoms with E-state index in [1.807, 2.05) is 12.1 Å². The van der Waals surface area contributed by atoms with Gasteiger partial charge in [-0.25, -0.2) is 10.8 Å². The molecule has 1 atom stereocenters. The monoisotopic (exact) mass is 234 g/mol. The van der Waals surface area contributed by atoms with Gasteiger partial charge in [-0.2, -0.15) is 0 Å². The summed E-state index contributed by atoms with van der Waals surface area (Å²) in [6.45, 7) is 9.20. The fourth-order valence-corrected chi connectivity index (χ4v) is 2.40. The first-order chi connectivity index (χ1) is 8.00. The molecule has 1 unspecified atom stereocenters. The van der Waals surface area contributed by atoms with E-state index in [-0.39, 0.29) is 0 Å². The summed E-state index contributed by atoms with van der Waals surface area (Å²) in [5.41, 5.74) is 4.19. The first-order valence-electron chi connectivity index (χ1n) is 6.18. The lowest BCUT2D eigenvalue weighted by Crippen LogP contribution is -2.25. The van der Waals surface area contributed by atoms with Gasteiger partial charge >= 0.3 is 0 Å². The lowest BCUT2D eigenvalue weighted by molar-refractivity contribution is 0.263. The van der Waals surface area contributed by atoms with Crippen LogP contribution in [0.25, 0.3) is 0 Å². The summed E-state index contributed by atoms with van der Waals surface area (Å²) in [5.74, 6) is 6.86. The van der Waals surface area contributed by atoms with E-state index in [1.165, 1.54) is 12.1 Å². The third-order valence-electron chi connectivity index (χ3n) is 3.67. The molecule has 4 heteroatoms. The smallest absolute Gasteiger partial charge is 0.141 e. The highest BCUT2D eigenvalue weighted by atomic mass is 15.3. The molecule has 17 heavy (non-hydrogen) atoms. The minimum absolute atomic E-state index is 0.386. The van der Waals surface area contributed by atoms with Crippen LogP contribution in [0, 0.1) is 11.3 Å². The van der Waals surface area contributed by atoms with Gasteiger partial charge in [-0.3, -0.25) is 0 Å². The third kappa shape index (κ3) is 2.69. The highest BCUT2D eigenvalue weighted by Crippen LogP contribution is 2.35. The van der Waals surface area contributed by atoms with Crippen LogP contribution in [0.5, 0.6) is 0 Å². The quantitative estimate of drug-likeness (QED) is 0.608. The van der Waals surface area contributed by atoms with Crippen LogP contribution in [-0.4, -0.2) is 18.1 Å². The van der Waals surface area contributed by atoms with E-state index in [9.17, 15) is 0 Å². The molecule has 0 amide bonds. The molecule has 1 saturated heterocycles. The minimum atomic E-state index is 0.386. The molecular formula is C13H22N4. The van der Waals surface area contributed by atoms with Crippen molar-refractivity contribution >= 4 is 11.5 Å². The molecular weight excluding hydrogens is 212 g/mol. The Kier molecular flexibility index (Phi) is 3.24. The van der Waals surface area contributed by atoms with E-state index in [1.54, 1.807) is 6.20 Å². The van der Waals surface area contributed by atoms with Gasteiger partial charge in [0.1, 0.15) is 5.82 Å². The van der Waals surface area contributed by atoms with Crippen molar-refractivity contribution in [1.82, 2.24) is 4.98 Å². The highest BCUT2D eigenvalue weighted by molar-refractivity contribution is 5.54. The molecule has 0 aromatic carbocycles. The molecule has 0 aliphatic carbocycles. The highest BCUT2D eigenvalue weighted by Gasteiger charge is 2.31. The zero-order valence-electron chi connectivity index (χ0n) is 10.9. The van der Waals surface area contributed by atoms with Crippen molar-refractivity contribution in [3.63, 3.8) is 0 Å². The van der Waals surface area contributed by atoms with Gasteiger partial charge in [0.05, 0.1) is 0 Å². The second-order valence-corrected chi connectivity index (χ2v) is 5.84. The standard InChI is InChI=1S/C13H22N4/c1-13(2,3)10-5-7-17(9-10)11-4-6-15-12(8-11)16-14/h4,6,8,10H,5,7,9,14H2,1-3H3,(H,15,16). The van der Waals surface area contributed by atoms with Crippen molar-refractivity contribution in [1.29, 1.82) is 0 Å². The summed E-state index contributed by atoms with van der Waals surface area (Å²) >= 11 is 0. The van der Waals surface area contributed by atoms with E-state index < -0.39 is 0 Å². The third-order valence-corrected chi connectivity index (χ3v) is 3.67. The molecule has 1 aromatic heterocycles. The summed E-state index contributed by atoms with van der Waals surface area (Å²) in [6, 6.07) is 4.05. The summed E-state index contributed by atoms with van der Waals surface area (Å²) in [7, 11) is 0. The fourth-order valence-electron chi connectivity index (χ4n) is 2.40. The lowest BCUT2D eigenvalue weighted by atomic mass is 9.80. The first kappa shape index (κ1) is 12.2. The molecule has 0 saturated carbocycles. The van der Waals surface area contributed by atoms with Crippen LogP contribution in [0.3, 0.4) is 0 Å². The SMILES string of the molecule is CC(C)(C)C1CCN(c2ccnc(NN)c2)C1. The largest absolute Gasteiger partial charge is 0.371 e. The Hall–Kier alpha value is -1.29. The van der Waals surface area contributed by atoms with Crippen molar-refractivity contribution in [2.45, 2.75) is 27.2 Å². The number of aromatic nitrogens is 1. The van der Waals surface area contributed by atoms with Crippen LogP contribution >= 0.6 is 0 Å². The predicted molar refractivity (Wildman–Crippen MR) is 71.8 cm³/mol. The van der Waals surface area contributed by atoms with Gasteiger partial charge in [-0.15, -0.1) is 0 Å². The van der Waals surface area contributed by atoms with Crippen LogP contribution in [0.15, 0.2) is 18.3 Å². The number of hydrogen-bond acceptors (Lipinski definition) is 4. The Balaban J connectivity index is 2.09.